The predicted molar refractivity (Wildman–Crippen MR) is 152 cm³/mol. The SMILES string of the molecule is CN1CCN(CC(=O)[C@@]23O[C@H](C4CCCCC4)O[C@@H]2C[C@H]2C4CCC5=CC(=O)C=CC5(C)[C@@]4(F)C(O)CC23C)CC1. The normalized spacial score (nSPS) is 48.8. The van der Waals surface area contributed by atoms with Crippen LogP contribution in [0.5, 0.6) is 0 Å². The summed E-state index contributed by atoms with van der Waals surface area (Å²) in [5.74, 6) is -0.442. The fourth-order valence-corrected chi connectivity index (χ4v) is 10.4. The number of aliphatic hydroxyl groups is 1. The molecule has 0 bridgehead atoms. The number of ketones is 2. The van der Waals surface area contributed by atoms with Gasteiger partial charge in [0, 0.05) is 48.8 Å². The zero-order chi connectivity index (χ0) is 28.8. The predicted octanol–water partition coefficient (Wildman–Crippen LogP) is 3.84. The van der Waals surface area contributed by atoms with Gasteiger partial charge in [-0.05, 0) is 70.6 Å². The van der Waals surface area contributed by atoms with Crippen molar-refractivity contribution in [2.24, 2.45) is 28.6 Å². The van der Waals surface area contributed by atoms with E-state index in [4.69, 9.17) is 9.47 Å². The Kier molecular flexibility index (Phi) is 6.76. The quantitative estimate of drug-likeness (QED) is 0.550. The molecule has 0 aromatic carbocycles. The summed E-state index contributed by atoms with van der Waals surface area (Å²) in [6.45, 7) is 7.71. The number of rotatable bonds is 4. The molecule has 8 heteroatoms. The molecule has 4 saturated carbocycles. The molecule has 2 heterocycles. The fraction of sp³-hybridized carbons (Fsp3) is 0.818. The smallest absolute Gasteiger partial charge is 0.181 e. The van der Waals surface area contributed by atoms with E-state index in [1.54, 1.807) is 12.2 Å². The number of hydrogen-bond acceptors (Lipinski definition) is 7. The van der Waals surface area contributed by atoms with Gasteiger partial charge < -0.3 is 19.5 Å². The second-order valence-corrected chi connectivity index (χ2v) is 14.7. The van der Waals surface area contributed by atoms with Crippen molar-refractivity contribution >= 4 is 11.6 Å². The van der Waals surface area contributed by atoms with E-state index in [1.807, 2.05) is 6.92 Å². The first-order chi connectivity index (χ1) is 19.5. The Morgan fingerprint density at radius 3 is 2.56 bits per heavy atom. The lowest BCUT2D eigenvalue weighted by Crippen LogP contribution is -2.70. The Morgan fingerprint density at radius 1 is 1.10 bits per heavy atom. The Balaban J connectivity index is 1.25. The number of alkyl halides is 1. The first-order valence-electron chi connectivity index (χ1n) is 16.1. The van der Waals surface area contributed by atoms with Crippen LogP contribution in [0.15, 0.2) is 23.8 Å². The number of nitrogens with zero attached hydrogens (tertiary/aromatic N) is 2. The Bertz CT molecular complexity index is 1160. The minimum atomic E-state index is -1.93. The molecule has 4 unspecified atom stereocenters. The summed E-state index contributed by atoms with van der Waals surface area (Å²) in [7, 11) is 2.11. The highest BCUT2D eigenvalue weighted by atomic mass is 19.1. The van der Waals surface area contributed by atoms with Crippen LogP contribution in [0.25, 0.3) is 0 Å². The molecular formula is C33H47FN2O5. The maximum atomic E-state index is 17.7. The van der Waals surface area contributed by atoms with Gasteiger partial charge in [0.25, 0.3) is 0 Å². The maximum Gasteiger partial charge on any atom is 0.181 e. The second kappa shape index (κ2) is 9.78. The first-order valence-corrected chi connectivity index (χ1v) is 16.1. The molecule has 41 heavy (non-hydrogen) atoms. The molecule has 6 fully saturated rings. The van der Waals surface area contributed by atoms with E-state index in [0.29, 0.717) is 25.8 Å². The van der Waals surface area contributed by atoms with Crippen molar-refractivity contribution in [1.29, 1.82) is 0 Å². The van der Waals surface area contributed by atoms with E-state index < -0.39 is 46.5 Å². The standard InChI is InChI=1S/C33H47FN2O5/c1-30-12-11-23(37)17-22(30)9-10-24-25-18-28-33(31(25,2)19-26(38)32(24,30)34,27(39)20-36-15-13-35(3)14-16-36)41-29(40-28)21-7-5-4-6-8-21/h11-12,17,21,24-26,28-29,38H,4-10,13-16,18-20H2,1-3H3/t24?,25-,26?,28+,29+,30?,31?,32-,33+/m0/s1. The highest BCUT2D eigenvalue weighted by molar-refractivity contribution is 6.01. The van der Waals surface area contributed by atoms with Crippen LogP contribution >= 0.6 is 0 Å². The summed E-state index contributed by atoms with van der Waals surface area (Å²) in [6.07, 6.45) is 10.0. The number of Topliss-reactive ketones (excluding diaryl/α,β-unsaturated/α-hetero) is 1. The van der Waals surface area contributed by atoms with E-state index in [-0.39, 0.29) is 29.8 Å². The topological polar surface area (TPSA) is 79.3 Å². The number of halogens is 1. The van der Waals surface area contributed by atoms with Gasteiger partial charge in [-0.1, -0.05) is 37.8 Å². The lowest BCUT2D eigenvalue weighted by molar-refractivity contribution is -0.235. The monoisotopic (exact) mass is 570 g/mol. The third-order valence-corrected chi connectivity index (χ3v) is 12.8. The molecule has 7 nitrogen and oxygen atoms in total. The second-order valence-electron chi connectivity index (χ2n) is 14.7. The minimum absolute atomic E-state index is 0.0414. The van der Waals surface area contributed by atoms with Gasteiger partial charge in [0.2, 0.25) is 0 Å². The third kappa shape index (κ3) is 3.86. The largest absolute Gasteiger partial charge is 0.390 e. The molecule has 0 aromatic rings. The molecule has 2 saturated heterocycles. The van der Waals surface area contributed by atoms with Gasteiger partial charge in [-0.3, -0.25) is 14.5 Å². The molecule has 7 aliphatic rings. The summed E-state index contributed by atoms with van der Waals surface area (Å²) in [4.78, 5) is 31.4. The van der Waals surface area contributed by atoms with Gasteiger partial charge in [-0.15, -0.1) is 0 Å². The number of likely N-dealkylation sites (N-methyl/N-ethyl adjacent to an activating group) is 1. The van der Waals surface area contributed by atoms with E-state index in [9.17, 15) is 14.7 Å². The van der Waals surface area contributed by atoms with Crippen LogP contribution in [-0.2, 0) is 19.1 Å². The Hall–Kier alpha value is -1.45. The first kappa shape index (κ1) is 28.3. The maximum absolute atomic E-state index is 17.7. The van der Waals surface area contributed by atoms with Crippen LogP contribution < -0.4 is 0 Å². The van der Waals surface area contributed by atoms with Crippen LogP contribution in [0.1, 0.15) is 71.6 Å². The molecule has 0 spiro atoms. The van der Waals surface area contributed by atoms with E-state index in [2.05, 4.69) is 23.8 Å². The average molecular weight is 571 g/mol. The molecule has 5 aliphatic carbocycles. The van der Waals surface area contributed by atoms with Crippen molar-refractivity contribution in [3.05, 3.63) is 23.8 Å². The number of allylic oxidation sites excluding steroid dienone is 4. The van der Waals surface area contributed by atoms with Gasteiger partial charge in [-0.25, -0.2) is 4.39 Å². The van der Waals surface area contributed by atoms with Gasteiger partial charge >= 0.3 is 0 Å². The van der Waals surface area contributed by atoms with Crippen LogP contribution in [0.4, 0.5) is 4.39 Å². The molecule has 7 rings (SSSR count). The fourth-order valence-electron chi connectivity index (χ4n) is 10.4. The molecule has 1 N–H and O–H groups in total. The van der Waals surface area contributed by atoms with Crippen molar-refractivity contribution in [3.63, 3.8) is 0 Å². The summed E-state index contributed by atoms with van der Waals surface area (Å²) < 4.78 is 31.5. The van der Waals surface area contributed by atoms with Crippen molar-refractivity contribution in [1.82, 2.24) is 9.80 Å². The van der Waals surface area contributed by atoms with Gasteiger partial charge in [0.1, 0.15) is 0 Å². The van der Waals surface area contributed by atoms with Crippen LogP contribution in [0.3, 0.4) is 0 Å². The van der Waals surface area contributed by atoms with E-state index in [0.717, 1.165) is 57.4 Å². The molecule has 226 valence electrons. The lowest BCUT2D eigenvalue weighted by atomic mass is 9.44. The van der Waals surface area contributed by atoms with Crippen LogP contribution in [-0.4, -0.2) is 96.0 Å². The van der Waals surface area contributed by atoms with Crippen molar-refractivity contribution in [2.45, 2.75) is 101 Å². The van der Waals surface area contributed by atoms with E-state index >= 15 is 4.39 Å². The summed E-state index contributed by atoms with van der Waals surface area (Å²) in [5, 5.41) is 11.9. The summed E-state index contributed by atoms with van der Waals surface area (Å²) in [6, 6.07) is 0. The molecule has 0 aromatic heterocycles. The number of fused-ring (bicyclic) bond motifs is 7. The van der Waals surface area contributed by atoms with E-state index in [1.165, 1.54) is 12.5 Å². The summed E-state index contributed by atoms with van der Waals surface area (Å²) in [5.41, 5.74) is -4.15. The third-order valence-electron chi connectivity index (χ3n) is 12.8. The minimum Gasteiger partial charge on any atom is -0.390 e. The van der Waals surface area contributed by atoms with Crippen LogP contribution in [0.2, 0.25) is 0 Å². The molecule has 0 radical (unpaired) electrons. The average Bonchev–Trinajstić information content (AvgIpc) is 3.45. The van der Waals surface area contributed by atoms with Crippen molar-refractivity contribution < 1.29 is 28.6 Å². The highest BCUT2D eigenvalue weighted by Gasteiger charge is 2.79. The zero-order valence-electron chi connectivity index (χ0n) is 24.9. The molecular weight excluding hydrogens is 523 g/mol. The molecule has 2 aliphatic heterocycles. The van der Waals surface area contributed by atoms with Gasteiger partial charge in [0.05, 0.1) is 18.8 Å². The Morgan fingerprint density at radius 2 is 1.83 bits per heavy atom. The number of aliphatic hydroxyl groups excluding tert-OH is 1. The van der Waals surface area contributed by atoms with Crippen molar-refractivity contribution in [3.8, 4) is 0 Å². The zero-order valence-corrected chi connectivity index (χ0v) is 24.9. The molecule has 9 atom stereocenters. The number of ether oxygens (including phenoxy) is 2. The highest BCUT2D eigenvalue weighted by Crippen LogP contribution is 2.72. The van der Waals surface area contributed by atoms with Crippen molar-refractivity contribution in [2.75, 3.05) is 39.8 Å². The Labute approximate surface area is 243 Å². The lowest BCUT2D eigenvalue weighted by Gasteiger charge is -2.62. The number of piperazine rings is 1. The van der Waals surface area contributed by atoms with Gasteiger partial charge in [-0.2, -0.15) is 0 Å². The number of carbonyl (C=O) groups excluding carboxylic acids is 2. The van der Waals surface area contributed by atoms with Crippen LogP contribution in [0, 0.1) is 28.6 Å². The number of hydrogen-bond donors (Lipinski definition) is 1. The number of carbonyl (C=O) groups is 2. The molecule has 0 amide bonds. The van der Waals surface area contributed by atoms with Gasteiger partial charge in [0.15, 0.2) is 29.1 Å². The summed E-state index contributed by atoms with van der Waals surface area (Å²) >= 11 is 0.